The highest BCUT2D eigenvalue weighted by molar-refractivity contribution is 9.10. The summed E-state index contributed by atoms with van der Waals surface area (Å²) < 4.78 is 6.18. The molecule has 0 fully saturated rings. The van der Waals surface area contributed by atoms with E-state index in [1.165, 1.54) is 0 Å². The zero-order chi connectivity index (χ0) is 14.7. The lowest BCUT2D eigenvalue weighted by Gasteiger charge is -2.08. The molecule has 0 aliphatic rings. The normalized spacial score (nSPS) is 10.6. The number of para-hydroxylation sites is 1. The van der Waals surface area contributed by atoms with Crippen LogP contribution in [0.1, 0.15) is 5.69 Å². The lowest BCUT2D eigenvalue weighted by Crippen LogP contribution is -2.02. The number of ether oxygens (including phenoxy) is 1. The number of anilines is 1. The summed E-state index contributed by atoms with van der Waals surface area (Å²) in [6.45, 7) is 0.636. The number of hydrogen-bond donors (Lipinski definition) is 1. The van der Waals surface area contributed by atoms with E-state index in [-0.39, 0.29) is 0 Å². The van der Waals surface area contributed by atoms with Gasteiger partial charge in [0, 0.05) is 5.39 Å². The van der Waals surface area contributed by atoms with E-state index in [2.05, 4.69) is 37.3 Å². The van der Waals surface area contributed by atoms with Gasteiger partial charge in [-0.25, -0.2) is 9.97 Å². The molecule has 2 heterocycles. The fraction of sp³-hybridized carbons (Fsp3) is 0.125. The van der Waals surface area contributed by atoms with Crippen molar-refractivity contribution >= 4 is 32.5 Å². The van der Waals surface area contributed by atoms with Gasteiger partial charge in [-0.3, -0.25) is 0 Å². The van der Waals surface area contributed by atoms with E-state index >= 15 is 0 Å². The maximum Gasteiger partial charge on any atom is 0.145 e. The summed E-state index contributed by atoms with van der Waals surface area (Å²) in [7, 11) is 1.66. The Bertz CT molecular complexity index is 759. The number of methoxy groups -OCH3 is 1. The summed E-state index contributed by atoms with van der Waals surface area (Å²) in [5, 5.41) is 4.38. The Morgan fingerprint density at radius 2 is 2.05 bits per heavy atom. The van der Waals surface area contributed by atoms with E-state index in [0.29, 0.717) is 6.54 Å². The largest absolute Gasteiger partial charge is 0.494 e. The minimum absolute atomic E-state index is 0.636. The monoisotopic (exact) mass is 343 g/mol. The van der Waals surface area contributed by atoms with Crippen LogP contribution in [0.5, 0.6) is 5.75 Å². The minimum Gasteiger partial charge on any atom is -0.494 e. The number of rotatable bonds is 4. The third-order valence-corrected chi connectivity index (χ3v) is 3.63. The van der Waals surface area contributed by atoms with Crippen molar-refractivity contribution in [1.29, 1.82) is 0 Å². The summed E-state index contributed by atoms with van der Waals surface area (Å²) in [6, 6.07) is 13.9. The van der Waals surface area contributed by atoms with Gasteiger partial charge in [0.1, 0.15) is 15.9 Å². The molecule has 0 saturated heterocycles. The Hall–Kier alpha value is -2.14. The van der Waals surface area contributed by atoms with Crippen LogP contribution in [0.15, 0.2) is 53.3 Å². The van der Waals surface area contributed by atoms with Crippen molar-refractivity contribution in [3.05, 3.63) is 59.0 Å². The Morgan fingerprint density at radius 1 is 1.14 bits per heavy atom. The Labute approximate surface area is 131 Å². The molecule has 1 N–H and O–H groups in total. The topological polar surface area (TPSA) is 47.0 Å². The van der Waals surface area contributed by atoms with Crippen molar-refractivity contribution < 1.29 is 4.74 Å². The molecule has 0 unspecified atom stereocenters. The van der Waals surface area contributed by atoms with E-state index in [0.717, 1.165) is 32.6 Å². The van der Waals surface area contributed by atoms with Crippen molar-refractivity contribution in [1.82, 2.24) is 9.97 Å². The van der Waals surface area contributed by atoms with Crippen molar-refractivity contribution in [2.75, 3.05) is 12.4 Å². The molecule has 106 valence electrons. The highest BCUT2D eigenvalue weighted by atomic mass is 79.9. The van der Waals surface area contributed by atoms with E-state index in [4.69, 9.17) is 4.74 Å². The predicted octanol–water partition coefficient (Wildman–Crippen LogP) is 4.01. The molecule has 5 heteroatoms. The minimum atomic E-state index is 0.636. The Balaban J connectivity index is 1.82. The molecule has 0 amide bonds. The van der Waals surface area contributed by atoms with E-state index < -0.39 is 0 Å². The molecule has 0 atom stereocenters. The number of fused-ring (bicyclic) bond motifs is 1. The molecular weight excluding hydrogens is 330 g/mol. The van der Waals surface area contributed by atoms with Gasteiger partial charge in [-0.1, -0.05) is 18.2 Å². The lowest BCUT2D eigenvalue weighted by atomic mass is 10.2. The number of nitrogens with zero attached hydrogens (tertiary/aromatic N) is 2. The first-order chi connectivity index (χ1) is 10.3. The molecule has 3 aromatic rings. The van der Waals surface area contributed by atoms with Crippen LogP contribution in [0.3, 0.4) is 0 Å². The molecule has 21 heavy (non-hydrogen) atoms. The van der Waals surface area contributed by atoms with Gasteiger partial charge in [0.25, 0.3) is 0 Å². The predicted molar refractivity (Wildman–Crippen MR) is 87.6 cm³/mol. The maximum absolute atomic E-state index is 5.36. The standard InChI is InChI=1S/C16H14BrN3O/c1-21-14-4-2-3-11-5-6-13(20-16(11)14)10-18-12-7-8-15(17)19-9-12/h2-9,18H,10H2,1H3. The van der Waals surface area contributed by atoms with Gasteiger partial charge in [-0.15, -0.1) is 0 Å². The fourth-order valence-corrected chi connectivity index (χ4v) is 2.33. The van der Waals surface area contributed by atoms with E-state index in [1.54, 1.807) is 13.3 Å². The van der Waals surface area contributed by atoms with E-state index in [1.807, 2.05) is 36.4 Å². The van der Waals surface area contributed by atoms with Crippen LogP contribution in [0, 0.1) is 0 Å². The van der Waals surface area contributed by atoms with Crippen LogP contribution in [-0.2, 0) is 6.54 Å². The number of aromatic nitrogens is 2. The summed E-state index contributed by atoms with van der Waals surface area (Å²) in [5.74, 6) is 0.791. The van der Waals surface area contributed by atoms with Gasteiger partial charge in [-0.2, -0.15) is 0 Å². The summed E-state index contributed by atoms with van der Waals surface area (Å²) in [4.78, 5) is 8.84. The zero-order valence-electron chi connectivity index (χ0n) is 11.5. The Morgan fingerprint density at radius 3 is 2.81 bits per heavy atom. The van der Waals surface area contributed by atoms with Crippen LogP contribution in [0.4, 0.5) is 5.69 Å². The smallest absolute Gasteiger partial charge is 0.145 e. The zero-order valence-corrected chi connectivity index (χ0v) is 13.1. The third kappa shape index (κ3) is 3.13. The third-order valence-electron chi connectivity index (χ3n) is 3.16. The molecule has 0 aliphatic carbocycles. The first kappa shape index (κ1) is 13.8. The second-order valence-electron chi connectivity index (χ2n) is 4.56. The first-order valence-corrected chi connectivity index (χ1v) is 7.33. The van der Waals surface area contributed by atoms with Crippen LogP contribution in [-0.4, -0.2) is 17.1 Å². The number of halogens is 1. The van der Waals surface area contributed by atoms with Gasteiger partial charge in [0.05, 0.1) is 31.2 Å². The fourth-order valence-electron chi connectivity index (χ4n) is 2.10. The highest BCUT2D eigenvalue weighted by Gasteiger charge is 2.04. The van der Waals surface area contributed by atoms with Gasteiger partial charge >= 0.3 is 0 Å². The molecular formula is C16H14BrN3O. The number of hydrogen-bond acceptors (Lipinski definition) is 4. The van der Waals surface area contributed by atoms with Crippen molar-refractivity contribution in [2.24, 2.45) is 0 Å². The van der Waals surface area contributed by atoms with Gasteiger partial charge < -0.3 is 10.1 Å². The van der Waals surface area contributed by atoms with Crippen LogP contribution in [0.2, 0.25) is 0 Å². The second-order valence-corrected chi connectivity index (χ2v) is 5.37. The van der Waals surface area contributed by atoms with Gasteiger partial charge in [0.2, 0.25) is 0 Å². The lowest BCUT2D eigenvalue weighted by molar-refractivity contribution is 0.419. The van der Waals surface area contributed by atoms with Crippen LogP contribution >= 0.6 is 15.9 Å². The van der Waals surface area contributed by atoms with Crippen LogP contribution < -0.4 is 10.1 Å². The number of pyridine rings is 2. The maximum atomic E-state index is 5.36. The molecule has 0 radical (unpaired) electrons. The first-order valence-electron chi connectivity index (χ1n) is 6.54. The Kier molecular flexibility index (Phi) is 4.01. The molecule has 2 aromatic heterocycles. The molecule has 0 spiro atoms. The van der Waals surface area contributed by atoms with Crippen molar-refractivity contribution in [3.8, 4) is 5.75 Å². The van der Waals surface area contributed by atoms with Crippen LogP contribution in [0.25, 0.3) is 10.9 Å². The van der Waals surface area contributed by atoms with Crippen molar-refractivity contribution in [2.45, 2.75) is 6.54 Å². The van der Waals surface area contributed by atoms with Crippen molar-refractivity contribution in [3.63, 3.8) is 0 Å². The summed E-state index contributed by atoms with van der Waals surface area (Å²) >= 11 is 3.32. The molecule has 0 saturated carbocycles. The molecule has 3 rings (SSSR count). The summed E-state index contributed by atoms with van der Waals surface area (Å²) in [6.07, 6.45) is 1.78. The molecule has 0 bridgehead atoms. The molecule has 4 nitrogen and oxygen atoms in total. The molecule has 0 aliphatic heterocycles. The van der Waals surface area contributed by atoms with Gasteiger partial charge in [-0.05, 0) is 40.2 Å². The molecule has 1 aromatic carbocycles. The highest BCUT2D eigenvalue weighted by Crippen LogP contribution is 2.23. The summed E-state index contributed by atoms with van der Waals surface area (Å²) in [5.41, 5.74) is 2.79. The number of nitrogens with one attached hydrogen (secondary N) is 1. The number of benzene rings is 1. The SMILES string of the molecule is COc1cccc2ccc(CNc3ccc(Br)nc3)nc12. The van der Waals surface area contributed by atoms with E-state index in [9.17, 15) is 0 Å². The van der Waals surface area contributed by atoms with Gasteiger partial charge in [0.15, 0.2) is 0 Å². The average molecular weight is 344 g/mol. The quantitative estimate of drug-likeness (QED) is 0.727. The average Bonchev–Trinajstić information content (AvgIpc) is 2.53. The second kappa shape index (κ2) is 6.10.